The van der Waals surface area contributed by atoms with Gasteiger partial charge in [0.05, 0.1) is 12.4 Å². The Labute approximate surface area is 86.9 Å². The van der Waals surface area contributed by atoms with Crippen LogP contribution in [0.5, 0.6) is 6.01 Å². The molecule has 15 heavy (non-hydrogen) atoms. The first kappa shape index (κ1) is 9.70. The lowest BCUT2D eigenvalue weighted by molar-refractivity contribution is 0.200. The summed E-state index contributed by atoms with van der Waals surface area (Å²) in [4.78, 5) is 15.0. The van der Waals surface area contributed by atoms with Crippen LogP contribution in [0.4, 0.5) is 5.82 Å². The maximum Gasteiger partial charge on any atom is 0.320 e. The second kappa shape index (κ2) is 3.72. The number of hydrogen-bond acceptors (Lipinski definition) is 5. The number of H-pyrrole nitrogens is 1. The van der Waals surface area contributed by atoms with Crippen molar-refractivity contribution in [3.8, 4) is 6.01 Å². The van der Waals surface area contributed by atoms with Gasteiger partial charge in [-0.05, 0) is 13.3 Å². The van der Waals surface area contributed by atoms with Gasteiger partial charge in [-0.1, -0.05) is 6.92 Å². The fraction of sp³-hybridized carbons (Fsp3) is 0.444. The third-order valence-corrected chi connectivity index (χ3v) is 2.17. The molecule has 6 nitrogen and oxygen atoms in total. The maximum atomic E-state index is 5.72. The van der Waals surface area contributed by atoms with E-state index in [0.29, 0.717) is 17.0 Å². The molecule has 2 rings (SSSR count). The minimum atomic E-state index is 0.0702. The van der Waals surface area contributed by atoms with Crippen molar-refractivity contribution in [1.82, 2.24) is 19.9 Å². The van der Waals surface area contributed by atoms with Gasteiger partial charge >= 0.3 is 6.01 Å². The summed E-state index contributed by atoms with van der Waals surface area (Å²) in [6.45, 7) is 3.98. The Kier molecular flexibility index (Phi) is 2.40. The third-order valence-electron chi connectivity index (χ3n) is 2.17. The number of anilines is 1. The van der Waals surface area contributed by atoms with Crippen molar-refractivity contribution in [2.75, 3.05) is 5.73 Å². The van der Waals surface area contributed by atoms with Gasteiger partial charge in [0.25, 0.3) is 0 Å². The summed E-state index contributed by atoms with van der Waals surface area (Å²) in [5.41, 5.74) is 6.89. The zero-order valence-corrected chi connectivity index (χ0v) is 8.69. The first-order chi connectivity index (χ1) is 7.20. The van der Waals surface area contributed by atoms with Crippen LogP contribution < -0.4 is 10.5 Å². The number of nitrogens with one attached hydrogen (secondary N) is 1. The highest BCUT2D eigenvalue weighted by Gasteiger charge is 2.09. The fourth-order valence-corrected chi connectivity index (χ4v) is 1.15. The SMILES string of the molecule is CC[C@H](C)Oc1nc(N)c2[nH]cnc2n1. The van der Waals surface area contributed by atoms with Gasteiger partial charge in [-0.3, -0.25) is 0 Å². The Hall–Kier alpha value is -1.85. The first-order valence-electron chi connectivity index (χ1n) is 4.84. The Morgan fingerprint density at radius 3 is 3.07 bits per heavy atom. The van der Waals surface area contributed by atoms with Crippen molar-refractivity contribution in [3.63, 3.8) is 0 Å². The van der Waals surface area contributed by atoms with Gasteiger partial charge in [-0.25, -0.2) is 4.98 Å². The minimum absolute atomic E-state index is 0.0702. The van der Waals surface area contributed by atoms with E-state index in [0.717, 1.165) is 6.42 Å². The Morgan fingerprint density at radius 1 is 1.53 bits per heavy atom. The number of nitrogens with zero attached hydrogens (tertiary/aromatic N) is 3. The summed E-state index contributed by atoms with van der Waals surface area (Å²) < 4.78 is 5.47. The van der Waals surface area contributed by atoms with Crippen molar-refractivity contribution in [2.45, 2.75) is 26.4 Å². The van der Waals surface area contributed by atoms with Crippen LogP contribution in [0.15, 0.2) is 6.33 Å². The van der Waals surface area contributed by atoms with E-state index in [4.69, 9.17) is 10.5 Å². The van der Waals surface area contributed by atoms with E-state index in [1.54, 1.807) is 0 Å². The number of ether oxygens (including phenoxy) is 1. The standard InChI is InChI=1S/C9H13N5O/c1-3-5(2)15-9-13-7(10)6-8(14-9)12-4-11-6/h4-5H,3H2,1-2H3,(H3,10,11,12,13,14)/t5-/m0/s1. The first-order valence-corrected chi connectivity index (χ1v) is 4.84. The summed E-state index contributed by atoms with van der Waals surface area (Å²) in [5.74, 6) is 0.357. The predicted octanol–water partition coefficient (Wildman–Crippen LogP) is 1.11. The topological polar surface area (TPSA) is 89.7 Å². The summed E-state index contributed by atoms with van der Waals surface area (Å²) >= 11 is 0. The maximum absolute atomic E-state index is 5.72. The number of rotatable bonds is 3. The summed E-state index contributed by atoms with van der Waals surface area (Å²) in [6, 6.07) is 0.279. The smallest absolute Gasteiger partial charge is 0.320 e. The van der Waals surface area contributed by atoms with E-state index in [9.17, 15) is 0 Å². The second-order valence-electron chi connectivity index (χ2n) is 3.33. The Balaban J connectivity index is 2.36. The number of aromatic nitrogens is 4. The molecule has 0 fully saturated rings. The van der Waals surface area contributed by atoms with E-state index in [2.05, 4.69) is 19.9 Å². The van der Waals surface area contributed by atoms with Crippen molar-refractivity contribution in [1.29, 1.82) is 0 Å². The van der Waals surface area contributed by atoms with Gasteiger partial charge in [0.2, 0.25) is 0 Å². The lowest BCUT2D eigenvalue weighted by Crippen LogP contribution is -2.12. The molecular weight excluding hydrogens is 194 g/mol. The predicted molar refractivity (Wildman–Crippen MR) is 56.5 cm³/mol. The summed E-state index contributed by atoms with van der Waals surface area (Å²) in [5, 5.41) is 0. The van der Waals surface area contributed by atoms with Crippen molar-refractivity contribution in [2.24, 2.45) is 0 Å². The van der Waals surface area contributed by atoms with Gasteiger partial charge in [0.15, 0.2) is 11.5 Å². The number of hydrogen-bond donors (Lipinski definition) is 2. The Bertz CT molecular complexity index is 466. The van der Waals surface area contributed by atoms with Crippen molar-refractivity contribution < 1.29 is 4.74 Å². The highest BCUT2D eigenvalue weighted by atomic mass is 16.5. The molecule has 80 valence electrons. The van der Waals surface area contributed by atoms with Crippen LogP contribution in [0.25, 0.3) is 11.2 Å². The second-order valence-corrected chi connectivity index (χ2v) is 3.33. The molecular formula is C9H13N5O. The number of aromatic amines is 1. The van der Waals surface area contributed by atoms with Crippen LogP contribution in [0.2, 0.25) is 0 Å². The quantitative estimate of drug-likeness (QED) is 0.786. The van der Waals surface area contributed by atoms with Crippen LogP contribution in [-0.2, 0) is 0 Å². The molecule has 3 N–H and O–H groups in total. The number of nitrogens with two attached hydrogens (primary N) is 1. The zero-order valence-electron chi connectivity index (χ0n) is 8.69. The molecule has 0 aliphatic heterocycles. The lowest BCUT2D eigenvalue weighted by atomic mass is 10.3. The van der Waals surface area contributed by atoms with E-state index in [1.807, 2.05) is 13.8 Å². The van der Waals surface area contributed by atoms with Gasteiger partial charge in [0.1, 0.15) is 5.52 Å². The van der Waals surface area contributed by atoms with Gasteiger partial charge < -0.3 is 15.5 Å². The normalized spacial score (nSPS) is 12.9. The number of nitrogen functional groups attached to an aromatic ring is 1. The molecule has 6 heteroatoms. The number of fused-ring (bicyclic) bond motifs is 1. The molecule has 2 heterocycles. The molecule has 0 bridgehead atoms. The average Bonchev–Trinajstić information content (AvgIpc) is 2.66. The van der Waals surface area contributed by atoms with Crippen LogP contribution in [0.1, 0.15) is 20.3 Å². The zero-order chi connectivity index (χ0) is 10.8. The monoisotopic (exact) mass is 207 g/mol. The van der Waals surface area contributed by atoms with E-state index >= 15 is 0 Å². The molecule has 0 amide bonds. The van der Waals surface area contributed by atoms with Gasteiger partial charge in [0, 0.05) is 0 Å². The van der Waals surface area contributed by atoms with Crippen LogP contribution in [-0.4, -0.2) is 26.0 Å². The minimum Gasteiger partial charge on any atom is -0.460 e. The van der Waals surface area contributed by atoms with E-state index in [1.165, 1.54) is 6.33 Å². The van der Waals surface area contributed by atoms with Crippen LogP contribution >= 0.6 is 0 Å². The van der Waals surface area contributed by atoms with Gasteiger partial charge in [-0.2, -0.15) is 9.97 Å². The molecule has 1 atom stereocenters. The van der Waals surface area contributed by atoms with Crippen molar-refractivity contribution in [3.05, 3.63) is 6.33 Å². The Morgan fingerprint density at radius 2 is 2.33 bits per heavy atom. The van der Waals surface area contributed by atoms with E-state index in [-0.39, 0.29) is 12.1 Å². The molecule has 0 spiro atoms. The average molecular weight is 207 g/mol. The highest BCUT2D eigenvalue weighted by molar-refractivity contribution is 5.81. The molecule has 0 aromatic carbocycles. The summed E-state index contributed by atoms with van der Waals surface area (Å²) in [6.07, 6.45) is 2.49. The van der Waals surface area contributed by atoms with E-state index < -0.39 is 0 Å². The molecule has 0 radical (unpaired) electrons. The fourth-order valence-electron chi connectivity index (χ4n) is 1.15. The molecule has 0 saturated carbocycles. The van der Waals surface area contributed by atoms with Crippen LogP contribution in [0, 0.1) is 0 Å². The van der Waals surface area contributed by atoms with Crippen molar-refractivity contribution >= 4 is 17.0 Å². The molecule has 2 aromatic rings. The molecule has 0 aliphatic carbocycles. The summed E-state index contributed by atoms with van der Waals surface area (Å²) in [7, 11) is 0. The largest absolute Gasteiger partial charge is 0.460 e. The molecule has 0 unspecified atom stereocenters. The molecule has 0 saturated heterocycles. The highest BCUT2D eigenvalue weighted by Crippen LogP contribution is 2.17. The third kappa shape index (κ3) is 1.83. The molecule has 2 aromatic heterocycles. The number of imidazole rings is 1. The van der Waals surface area contributed by atoms with Gasteiger partial charge in [-0.15, -0.1) is 0 Å². The van der Waals surface area contributed by atoms with Crippen LogP contribution in [0.3, 0.4) is 0 Å². The lowest BCUT2D eigenvalue weighted by Gasteiger charge is -2.10. The molecule has 0 aliphatic rings.